The Hall–Kier alpha value is -6.82. The van der Waals surface area contributed by atoms with E-state index < -0.39 is 0 Å². The van der Waals surface area contributed by atoms with Crippen LogP contribution in [0, 0.1) is 25.5 Å². The number of ether oxygens (including phenoxy) is 2. The molecule has 0 saturated carbocycles. The Balaban J connectivity index is 0.000000162. The number of aryl methyl sites for hydroxylation is 2. The topological polar surface area (TPSA) is 94.7 Å². The lowest BCUT2D eigenvalue weighted by Gasteiger charge is -2.35. The second-order valence-electron chi connectivity index (χ2n) is 17.1. The third-order valence-corrected chi connectivity index (χ3v) is 13.1. The molecule has 4 aromatic carbocycles. The third-order valence-electron chi connectivity index (χ3n) is 13.1. The smallest absolute Gasteiger partial charge is 0.250 e. The zero-order chi connectivity index (χ0) is 44.5. The fourth-order valence-electron chi connectivity index (χ4n) is 9.93. The van der Waals surface area contributed by atoms with Gasteiger partial charge in [0.1, 0.15) is 23.1 Å². The highest BCUT2D eigenvalue weighted by Crippen LogP contribution is 2.44. The van der Waals surface area contributed by atoms with Crippen molar-refractivity contribution in [2.24, 2.45) is 0 Å². The van der Waals surface area contributed by atoms with Crippen LogP contribution in [0.5, 0.6) is 11.5 Å². The summed E-state index contributed by atoms with van der Waals surface area (Å²) in [5.41, 5.74) is 9.16. The van der Waals surface area contributed by atoms with Crippen molar-refractivity contribution in [2.45, 2.75) is 89.4 Å². The molecule has 0 radical (unpaired) electrons. The number of rotatable bonds is 8. The van der Waals surface area contributed by atoms with Crippen LogP contribution in [0.1, 0.15) is 97.1 Å². The number of nitrogens with zero attached hydrogens (tertiary/aromatic N) is 6. The molecular formula is C52H52F2N6O4. The molecule has 10 nitrogen and oxygen atoms in total. The lowest BCUT2D eigenvalue weighted by molar-refractivity contribution is -0.132. The Bertz CT molecular complexity index is 2550. The van der Waals surface area contributed by atoms with Gasteiger partial charge in [-0.05, 0) is 148 Å². The van der Waals surface area contributed by atoms with Gasteiger partial charge in [0, 0.05) is 35.6 Å². The number of methoxy groups -OCH3 is 2. The minimum Gasteiger partial charge on any atom is -0.495 e. The van der Waals surface area contributed by atoms with Gasteiger partial charge in [0.05, 0.1) is 61.7 Å². The Morgan fingerprint density at radius 2 is 0.969 bits per heavy atom. The van der Waals surface area contributed by atoms with E-state index in [0.717, 1.165) is 119 Å². The Morgan fingerprint density at radius 3 is 1.33 bits per heavy atom. The van der Waals surface area contributed by atoms with Crippen LogP contribution in [0.4, 0.5) is 8.78 Å². The van der Waals surface area contributed by atoms with Crippen molar-refractivity contribution in [1.29, 1.82) is 0 Å². The number of hydrogen-bond donors (Lipinski definition) is 0. The molecule has 328 valence electrons. The van der Waals surface area contributed by atoms with Gasteiger partial charge < -0.3 is 28.4 Å². The predicted octanol–water partition coefficient (Wildman–Crippen LogP) is 10.5. The first-order chi connectivity index (χ1) is 31.1. The van der Waals surface area contributed by atoms with Crippen LogP contribution in [0.15, 0.2) is 121 Å². The average Bonchev–Trinajstić information content (AvgIpc) is 4.14. The van der Waals surface area contributed by atoms with Crippen molar-refractivity contribution in [1.82, 2.24) is 28.9 Å². The van der Waals surface area contributed by atoms with Crippen molar-refractivity contribution in [3.63, 3.8) is 0 Å². The van der Waals surface area contributed by atoms with Gasteiger partial charge in [-0.1, -0.05) is 36.4 Å². The number of fused-ring (bicyclic) bond motifs is 2. The maximum Gasteiger partial charge on any atom is 0.250 e. The highest BCUT2D eigenvalue weighted by molar-refractivity contribution is 6.00. The summed E-state index contributed by atoms with van der Waals surface area (Å²) in [6, 6.07) is 25.5. The van der Waals surface area contributed by atoms with Crippen LogP contribution in [0.2, 0.25) is 0 Å². The first-order valence-corrected chi connectivity index (χ1v) is 22.0. The van der Waals surface area contributed by atoms with Crippen molar-refractivity contribution in [3.05, 3.63) is 166 Å². The molecule has 6 aromatic rings. The monoisotopic (exact) mass is 862 g/mol. The van der Waals surface area contributed by atoms with E-state index in [1.165, 1.54) is 24.3 Å². The fourth-order valence-corrected chi connectivity index (χ4v) is 9.93. The number of amides is 2. The molecular weight excluding hydrogens is 811 g/mol. The second kappa shape index (κ2) is 18.1. The molecule has 0 bridgehead atoms. The number of carbonyl (C=O) groups is 2. The first kappa shape index (κ1) is 42.5. The molecule has 10 rings (SSSR count). The fraction of sp³-hybridized carbons (Fsp3) is 0.308. The van der Waals surface area contributed by atoms with E-state index in [0.29, 0.717) is 0 Å². The van der Waals surface area contributed by atoms with Crippen LogP contribution >= 0.6 is 0 Å². The van der Waals surface area contributed by atoms with Gasteiger partial charge in [-0.25, -0.2) is 18.7 Å². The second-order valence-corrected chi connectivity index (χ2v) is 17.1. The molecule has 4 fully saturated rings. The molecule has 4 aliphatic heterocycles. The van der Waals surface area contributed by atoms with Gasteiger partial charge in [-0.3, -0.25) is 9.59 Å². The number of halogens is 2. The van der Waals surface area contributed by atoms with E-state index >= 15 is 0 Å². The van der Waals surface area contributed by atoms with Gasteiger partial charge in [-0.2, -0.15) is 0 Å². The van der Waals surface area contributed by atoms with Crippen molar-refractivity contribution < 1.29 is 27.8 Å². The summed E-state index contributed by atoms with van der Waals surface area (Å²) < 4.78 is 41.9. The number of benzene rings is 4. The van der Waals surface area contributed by atoms with E-state index in [9.17, 15) is 18.4 Å². The normalized spacial score (nSPS) is 21.8. The van der Waals surface area contributed by atoms with Gasteiger partial charge >= 0.3 is 0 Å². The first-order valence-electron chi connectivity index (χ1n) is 22.0. The minimum atomic E-state index is -0.253. The molecule has 4 saturated heterocycles. The summed E-state index contributed by atoms with van der Waals surface area (Å²) in [4.78, 5) is 39.5. The van der Waals surface area contributed by atoms with Gasteiger partial charge in [0.2, 0.25) is 0 Å². The highest BCUT2D eigenvalue weighted by atomic mass is 19.1. The molecule has 2 aromatic heterocycles. The molecule has 64 heavy (non-hydrogen) atoms. The summed E-state index contributed by atoms with van der Waals surface area (Å²) in [5, 5.41) is 0. The van der Waals surface area contributed by atoms with Gasteiger partial charge in [0.15, 0.2) is 0 Å². The molecule has 6 heterocycles. The quantitative estimate of drug-likeness (QED) is 0.142. The van der Waals surface area contributed by atoms with E-state index in [4.69, 9.17) is 9.47 Å². The molecule has 4 atom stereocenters. The lowest BCUT2D eigenvalue weighted by Crippen LogP contribution is -2.41. The van der Waals surface area contributed by atoms with E-state index in [-0.39, 0.29) is 47.6 Å². The average molecular weight is 863 g/mol. The molecule has 12 heteroatoms. The number of piperidine rings is 2. The number of hydrogen-bond acceptors (Lipinski definition) is 6. The SMILES string of the molecule is COc1cc(/C=C2\CC[C@@H]3CC[C@@H](c4ccc(F)cc4)N3C2=O)ccc1-n1cnc(C)c1.COc1cc(/C=C2\CC[C@H]3CC[C@H](c4ccc(F)cc4)N3C2=O)ccc1-n1cnc(C)c1. The van der Waals surface area contributed by atoms with E-state index in [1.807, 2.05) is 93.7 Å². The number of carbonyl (C=O) groups excluding carboxylic acids is 2. The van der Waals surface area contributed by atoms with Gasteiger partial charge in [0.25, 0.3) is 11.8 Å². The van der Waals surface area contributed by atoms with E-state index in [2.05, 4.69) is 9.97 Å². The summed E-state index contributed by atoms with van der Waals surface area (Å²) in [6.45, 7) is 3.89. The van der Waals surface area contributed by atoms with Crippen LogP contribution in [-0.4, -0.2) is 67.0 Å². The maximum absolute atomic E-state index is 13.4. The highest BCUT2D eigenvalue weighted by Gasteiger charge is 2.43. The summed E-state index contributed by atoms with van der Waals surface area (Å²) in [6.07, 6.45) is 18.6. The standard InChI is InChI=1S/2C26H26FN3O2/c2*1-17-15-29(16-28-17)24-11-3-18(14-25(24)32-2)13-20-6-9-22-10-12-23(30(22)26(20)31)19-4-7-21(27)8-5-19/h2*3-5,7-8,11,13-16,22-23H,6,9-10,12H2,1-2H3/b2*20-13+/t2*22-,23+/m10/s1. The van der Waals surface area contributed by atoms with Crippen LogP contribution in [0.3, 0.4) is 0 Å². The third kappa shape index (κ3) is 8.61. The zero-order valence-corrected chi connectivity index (χ0v) is 36.6. The number of aromatic nitrogens is 4. The van der Waals surface area contributed by atoms with Crippen LogP contribution < -0.4 is 9.47 Å². The molecule has 0 N–H and O–H groups in total. The largest absolute Gasteiger partial charge is 0.495 e. The van der Waals surface area contributed by atoms with Crippen molar-refractivity contribution >= 4 is 24.0 Å². The molecule has 0 aliphatic carbocycles. The Labute approximate surface area is 372 Å². The van der Waals surface area contributed by atoms with E-state index in [1.54, 1.807) is 51.1 Å². The lowest BCUT2D eigenvalue weighted by atomic mass is 9.95. The zero-order valence-electron chi connectivity index (χ0n) is 36.6. The molecule has 0 spiro atoms. The van der Waals surface area contributed by atoms with Crippen LogP contribution in [0.25, 0.3) is 23.5 Å². The minimum absolute atomic E-state index is 0.0122. The maximum atomic E-state index is 13.4. The Morgan fingerprint density at radius 1 is 0.562 bits per heavy atom. The molecule has 4 aliphatic rings. The molecule has 2 amide bonds. The number of imidazole rings is 2. The van der Waals surface area contributed by atoms with Crippen molar-refractivity contribution in [3.8, 4) is 22.9 Å². The van der Waals surface area contributed by atoms with Crippen LogP contribution in [-0.2, 0) is 9.59 Å². The summed E-state index contributed by atoms with van der Waals surface area (Å²) in [5.74, 6) is 1.11. The summed E-state index contributed by atoms with van der Waals surface area (Å²) in [7, 11) is 3.29. The summed E-state index contributed by atoms with van der Waals surface area (Å²) >= 11 is 0. The predicted molar refractivity (Wildman–Crippen MR) is 242 cm³/mol. The molecule has 0 unspecified atom stereocenters. The van der Waals surface area contributed by atoms with Gasteiger partial charge in [-0.15, -0.1) is 0 Å². The van der Waals surface area contributed by atoms with Crippen molar-refractivity contribution in [2.75, 3.05) is 14.2 Å². The Kier molecular flexibility index (Phi) is 12.0.